The molecule has 0 aliphatic carbocycles. The summed E-state index contributed by atoms with van der Waals surface area (Å²) in [5, 5.41) is 4.20. The van der Waals surface area contributed by atoms with Crippen molar-refractivity contribution < 1.29 is 9.47 Å². The number of hydrogen-bond donors (Lipinski definition) is 0. The van der Waals surface area contributed by atoms with Crippen molar-refractivity contribution in [3.8, 4) is 5.75 Å². The van der Waals surface area contributed by atoms with Crippen LogP contribution in [0.5, 0.6) is 5.75 Å². The van der Waals surface area contributed by atoms with Crippen LogP contribution in [-0.2, 0) is 11.3 Å². The summed E-state index contributed by atoms with van der Waals surface area (Å²) >= 11 is 1.65. The summed E-state index contributed by atoms with van der Waals surface area (Å²) in [5.74, 6) is 0.796. The maximum absolute atomic E-state index is 5.92. The van der Waals surface area contributed by atoms with Crippen molar-refractivity contribution in [3.05, 3.63) is 52.6 Å². The van der Waals surface area contributed by atoms with Crippen LogP contribution in [0.15, 0.2) is 41.9 Å². The first kappa shape index (κ1) is 13.7. The van der Waals surface area contributed by atoms with Gasteiger partial charge in [-0.25, -0.2) is 4.98 Å². The quantitative estimate of drug-likeness (QED) is 0.727. The number of hydrogen-bond acceptors (Lipinski definition) is 5. The number of para-hydroxylation sites is 1. The molecule has 22 heavy (non-hydrogen) atoms. The molecule has 1 aromatic carbocycles. The van der Waals surface area contributed by atoms with E-state index in [9.17, 15) is 0 Å². The monoisotopic (exact) mass is 312 g/mol. The molecule has 2 aromatic heterocycles. The molecule has 3 aromatic rings. The Balaban J connectivity index is 1.50. The average molecular weight is 312 g/mol. The van der Waals surface area contributed by atoms with Gasteiger partial charge in [-0.15, -0.1) is 11.3 Å². The lowest BCUT2D eigenvalue weighted by Crippen LogP contribution is -1.99. The summed E-state index contributed by atoms with van der Waals surface area (Å²) in [6, 6.07) is 9.93. The summed E-state index contributed by atoms with van der Waals surface area (Å²) in [6.07, 6.45) is 4.16. The van der Waals surface area contributed by atoms with Gasteiger partial charge in [0.2, 0.25) is 0 Å². The lowest BCUT2D eigenvalue weighted by molar-refractivity contribution is 0.111. The fraction of sp³-hybridized carbons (Fsp3) is 0.294. The van der Waals surface area contributed by atoms with Crippen LogP contribution in [0.4, 0.5) is 0 Å². The second kappa shape index (κ2) is 6.02. The van der Waals surface area contributed by atoms with Crippen LogP contribution < -0.4 is 4.74 Å². The molecule has 4 nitrogen and oxygen atoms in total. The van der Waals surface area contributed by atoms with Crippen LogP contribution in [0.1, 0.15) is 29.6 Å². The maximum Gasteiger partial charge on any atom is 0.146 e. The lowest BCUT2D eigenvalue weighted by Gasteiger charge is -2.07. The molecule has 0 saturated carbocycles. The van der Waals surface area contributed by atoms with E-state index in [1.165, 1.54) is 0 Å². The van der Waals surface area contributed by atoms with Crippen LogP contribution in [0.3, 0.4) is 0 Å². The van der Waals surface area contributed by atoms with Gasteiger partial charge in [-0.2, -0.15) is 0 Å². The first-order valence-corrected chi connectivity index (χ1v) is 8.30. The molecule has 1 aliphatic rings. The first-order chi connectivity index (χ1) is 10.9. The van der Waals surface area contributed by atoms with E-state index in [1.54, 1.807) is 17.5 Å². The summed E-state index contributed by atoms with van der Waals surface area (Å²) < 4.78 is 11.6. The molecule has 1 fully saturated rings. The van der Waals surface area contributed by atoms with Crippen molar-refractivity contribution in [1.29, 1.82) is 0 Å². The molecule has 0 radical (unpaired) electrons. The highest BCUT2D eigenvalue weighted by atomic mass is 32.1. The van der Waals surface area contributed by atoms with Gasteiger partial charge < -0.3 is 9.47 Å². The number of nitrogens with zero attached hydrogens (tertiary/aromatic N) is 2. The third-order valence-corrected chi connectivity index (χ3v) is 4.73. The van der Waals surface area contributed by atoms with Gasteiger partial charge in [0.15, 0.2) is 0 Å². The molecular formula is C17H16N2O2S. The molecule has 4 rings (SSSR count). The highest BCUT2D eigenvalue weighted by Gasteiger charge is 2.20. The minimum atomic E-state index is 0.179. The SMILES string of the molecule is c1cnc2c(OCc3csc(C4CCCO4)n3)cccc2c1. The predicted molar refractivity (Wildman–Crippen MR) is 86.1 cm³/mol. The molecule has 5 heteroatoms. The van der Waals surface area contributed by atoms with Gasteiger partial charge in [-0.1, -0.05) is 18.2 Å². The van der Waals surface area contributed by atoms with E-state index in [0.717, 1.165) is 46.8 Å². The topological polar surface area (TPSA) is 44.2 Å². The van der Waals surface area contributed by atoms with Crippen molar-refractivity contribution in [2.45, 2.75) is 25.6 Å². The van der Waals surface area contributed by atoms with Crippen molar-refractivity contribution in [3.63, 3.8) is 0 Å². The minimum absolute atomic E-state index is 0.179. The van der Waals surface area contributed by atoms with Gasteiger partial charge in [0.1, 0.15) is 29.0 Å². The molecule has 112 valence electrons. The number of pyridine rings is 1. The van der Waals surface area contributed by atoms with E-state index in [4.69, 9.17) is 9.47 Å². The van der Waals surface area contributed by atoms with E-state index in [1.807, 2.05) is 30.3 Å². The fourth-order valence-corrected chi connectivity index (χ4v) is 3.54. The lowest BCUT2D eigenvalue weighted by atomic mass is 10.2. The van der Waals surface area contributed by atoms with Crippen LogP contribution in [0.2, 0.25) is 0 Å². The molecule has 0 N–H and O–H groups in total. The normalized spacial score (nSPS) is 17.9. The Hall–Kier alpha value is -1.98. The van der Waals surface area contributed by atoms with Gasteiger partial charge in [-0.05, 0) is 25.0 Å². The Morgan fingerprint density at radius 1 is 1.27 bits per heavy atom. The molecule has 0 spiro atoms. The fourth-order valence-electron chi connectivity index (χ4n) is 2.65. The Bertz CT molecular complexity index is 776. The van der Waals surface area contributed by atoms with Crippen LogP contribution in [-0.4, -0.2) is 16.6 Å². The first-order valence-electron chi connectivity index (χ1n) is 7.42. The maximum atomic E-state index is 5.92. The standard InChI is InChI=1S/C17H16N2O2S/c1-4-12-5-2-8-18-16(12)14(6-1)21-10-13-11-22-17(19-13)15-7-3-9-20-15/h1-2,4-6,8,11,15H,3,7,9-10H2. The van der Waals surface area contributed by atoms with Crippen molar-refractivity contribution >= 4 is 22.2 Å². The summed E-state index contributed by atoms with van der Waals surface area (Å²) in [5.41, 5.74) is 1.84. The molecule has 1 atom stereocenters. The van der Waals surface area contributed by atoms with Crippen LogP contribution in [0.25, 0.3) is 10.9 Å². The van der Waals surface area contributed by atoms with E-state index >= 15 is 0 Å². The van der Waals surface area contributed by atoms with E-state index in [2.05, 4.69) is 15.3 Å². The van der Waals surface area contributed by atoms with E-state index in [0.29, 0.717) is 6.61 Å². The van der Waals surface area contributed by atoms with Gasteiger partial charge in [0.25, 0.3) is 0 Å². The molecule has 1 unspecified atom stereocenters. The number of benzene rings is 1. The van der Waals surface area contributed by atoms with Gasteiger partial charge in [0, 0.05) is 23.6 Å². The number of ether oxygens (including phenoxy) is 2. The second-order valence-electron chi connectivity index (χ2n) is 5.30. The van der Waals surface area contributed by atoms with Gasteiger partial charge in [0.05, 0.1) is 5.69 Å². The Labute approximate surface area is 132 Å². The Morgan fingerprint density at radius 3 is 3.14 bits per heavy atom. The van der Waals surface area contributed by atoms with E-state index in [-0.39, 0.29) is 6.10 Å². The third kappa shape index (κ3) is 2.69. The average Bonchev–Trinajstić information content (AvgIpc) is 3.24. The highest BCUT2D eigenvalue weighted by molar-refractivity contribution is 7.09. The van der Waals surface area contributed by atoms with Gasteiger partial charge in [-0.3, -0.25) is 4.98 Å². The molecule has 3 heterocycles. The largest absolute Gasteiger partial charge is 0.485 e. The molecular weight excluding hydrogens is 296 g/mol. The van der Waals surface area contributed by atoms with Crippen molar-refractivity contribution in [2.24, 2.45) is 0 Å². The van der Waals surface area contributed by atoms with Crippen molar-refractivity contribution in [1.82, 2.24) is 9.97 Å². The number of rotatable bonds is 4. The van der Waals surface area contributed by atoms with E-state index < -0.39 is 0 Å². The summed E-state index contributed by atoms with van der Waals surface area (Å²) in [4.78, 5) is 9.03. The summed E-state index contributed by atoms with van der Waals surface area (Å²) in [7, 11) is 0. The number of fused-ring (bicyclic) bond motifs is 1. The Morgan fingerprint density at radius 2 is 2.23 bits per heavy atom. The number of aromatic nitrogens is 2. The van der Waals surface area contributed by atoms with Gasteiger partial charge >= 0.3 is 0 Å². The van der Waals surface area contributed by atoms with Crippen LogP contribution in [0, 0.1) is 0 Å². The zero-order chi connectivity index (χ0) is 14.8. The minimum Gasteiger partial charge on any atom is -0.485 e. The molecule has 1 aliphatic heterocycles. The number of thiazole rings is 1. The second-order valence-corrected chi connectivity index (χ2v) is 6.19. The zero-order valence-electron chi connectivity index (χ0n) is 12.1. The molecule has 0 amide bonds. The Kier molecular flexibility index (Phi) is 3.74. The zero-order valence-corrected chi connectivity index (χ0v) is 12.9. The highest BCUT2D eigenvalue weighted by Crippen LogP contribution is 2.31. The summed E-state index contributed by atoms with van der Waals surface area (Å²) in [6.45, 7) is 1.30. The third-order valence-electron chi connectivity index (χ3n) is 3.75. The molecule has 1 saturated heterocycles. The predicted octanol–water partition coefficient (Wildman–Crippen LogP) is 4.12. The smallest absolute Gasteiger partial charge is 0.146 e. The van der Waals surface area contributed by atoms with Crippen molar-refractivity contribution in [2.75, 3.05) is 6.61 Å². The molecule has 0 bridgehead atoms. The van der Waals surface area contributed by atoms with Crippen LogP contribution >= 0.6 is 11.3 Å².